The highest BCUT2D eigenvalue weighted by molar-refractivity contribution is 5.52. The minimum Gasteiger partial charge on any atom is -0.497 e. The first-order valence-corrected chi connectivity index (χ1v) is 11.0. The van der Waals surface area contributed by atoms with Crippen molar-refractivity contribution in [1.29, 1.82) is 0 Å². The zero-order valence-corrected chi connectivity index (χ0v) is 19.6. The molecule has 0 saturated heterocycles. The third-order valence-electron chi connectivity index (χ3n) is 4.66. The number of hydrogen-bond donors (Lipinski definition) is 2. The molecule has 0 aliphatic carbocycles. The summed E-state index contributed by atoms with van der Waals surface area (Å²) < 4.78 is 4.98. The van der Waals surface area contributed by atoms with Gasteiger partial charge in [0, 0.05) is 6.61 Å². The molecule has 3 nitrogen and oxygen atoms in total. The lowest BCUT2D eigenvalue weighted by Gasteiger charge is -2.07. The van der Waals surface area contributed by atoms with Crippen molar-refractivity contribution < 1.29 is 14.9 Å². The van der Waals surface area contributed by atoms with E-state index in [1.165, 1.54) is 11.8 Å². The van der Waals surface area contributed by atoms with Crippen molar-refractivity contribution >= 4 is 12.2 Å². The van der Waals surface area contributed by atoms with Crippen molar-refractivity contribution in [3.63, 3.8) is 0 Å². The number of hydrogen-bond acceptors (Lipinski definition) is 3. The molecule has 0 heterocycles. The number of rotatable bonds is 9. The molecule has 0 spiro atoms. The summed E-state index contributed by atoms with van der Waals surface area (Å²) in [6.07, 6.45) is 6.20. The molecule has 0 aliphatic heterocycles. The van der Waals surface area contributed by atoms with Gasteiger partial charge in [-0.05, 0) is 47.6 Å². The van der Waals surface area contributed by atoms with Gasteiger partial charge in [0.15, 0.2) is 0 Å². The highest BCUT2D eigenvalue weighted by atomic mass is 16.5. The van der Waals surface area contributed by atoms with Crippen molar-refractivity contribution in [2.45, 2.75) is 32.5 Å². The Kier molecular flexibility index (Phi) is 14.4. The number of aliphatic hydroxyl groups is 2. The fourth-order valence-corrected chi connectivity index (χ4v) is 3.05. The van der Waals surface area contributed by atoms with E-state index in [1.54, 1.807) is 6.92 Å². The zero-order chi connectivity index (χ0) is 24.3. The molecule has 0 fully saturated rings. The number of benzene rings is 3. The maximum atomic E-state index is 9.19. The van der Waals surface area contributed by atoms with Crippen LogP contribution in [-0.4, -0.2) is 22.9 Å². The topological polar surface area (TPSA) is 49.7 Å². The normalized spacial score (nSPS) is 10.4. The van der Waals surface area contributed by atoms with Crippen LogP contribution in [0.4, 0.5) is 0 Å². The second kappa shape index (κ2) is 17.2. The molecule has 0 bridgehead atoms. The van der Waals surface area contributed by atoms with Crippen LogP contribution in [0.3, 0.4) is 0 Å². The van der Waals surface area contributed by atoms with Gasteiger partial charge in [0.2, 0.25) is 0 Å². The van der Waals surface area contributed by atoms with E-state index in [-0.39, 0.29) is 12.7 Å². The molecular formula is C30H36O3. The lowest BCUT2D eigenvalue weighted by Crippen LogP contribution is -2.05. The third kappa shape index (κ3) is 11.7. The van der Waals surface area contributed by atoms with Crippen LogP contribution in [0, 0.1) is 0 Å². The van der Waals surface area contributed by atoms with Gasteiger partial charge < -0.3 is 14.9 Å². The average Bonchev–Trinajstić information content (AvgIpc) is 2.85. The predicted molar refractivity (Wildman–Crippen MR) is 141 cm³/mol. The Hall–Kier alpha value is -3.40. The fourth-order valence-electron chi connectivity index (χ4n) is 3.05. The Balaban J connectivity index is 0.000000249. The van der Waals surface area contributed by atoms with Gasteiger partial charge in [-0.15, -0.1) is 0 Å². The van der Waals surface area contributed by atoms with Crippen LogP contribution in [0.2, 0.25) is 0 Å². The van der Waals surface area contributed by atoms with E-state index in [0.717, 1.165) is 22.3 Å². The highest BCUT2D eigenvalue weighted by Crippen LogP contribution is 2.12. The maximum Gasteiger partial charge on any atom is 0.112 e. The highest BCUT2D eigenvalue weighted by Gasteiger charge is 2.01. The SMILES string of the molecule is C=COCc1ccccc1.C=Cc1ccccc1CC(C)O.C=Cc1ccccc1CCO. The minimum absolute atomic E-state index is 0.199. The van der Waals surface area contributed by atoms with Crippen LogP contribution < -0.4 is 0 Å². The van der Waals surface area contributed by atoms with Crippen LogP contribution >= 0.6 is 0 Å². The fraction of sp³-hybridized carbons (Fsp3) is 0.200. The first-order valence-electron chi connectivity index (χ1n) is 11.0. The van der Waals surface area contributed by atoms with Crippen molar-refractivity contribution in [3.05, 3.63) is 133 Å². The van der Waals surface area contributed by atoms with Crippen molar-refractivity contribution in [2.24, 2.45) is 0 Å². The molecule has 3 heteroatoms. The molecule has 0 saturated carbocycles. The van der Waals surface area contributed by atoms with Crippen LogP contribution in [0.5, 0.6) is 0 Å². The van der Waals surface area contributed by atoms with Gasteiger partial charge in [0.25, 0.3) is 0 Å². The van der Waals surface area contributed by atoms with Crippen molar-refractivity contribution in [1.82, 2.24) is 0 Å². The van der Waals surface area contributed by atoms with Gasteiger partial charge in [-0.2, -0.15) is 0 Å². The number of aliphatic hydroxyl groups excluding tert-OH is 2. The molecule has 0 radical (unpaired) electrons. The minimum atomic E-state index is -0.286. The van der Waals surface area contributed by atoms with Crippen LogP contribution in [0.15, 0.2) is 105 Å². The van der Waals surface area contributed by atoms with Gasteiger partial charge in [-0.25, -0.2) is 0 Å². The van der Waals surface area contributed by atoms with Crippen LogP contribution in [0.25, 0.3) is 12.2 Å². The summed E-state index contributed by atoms with van der Waals surface area (Å²) in [5.41, 5.74) is 5.70. The van der Waals surface area contributed by atoms with Crippen molar-refractivity contribution in [3.8, 4) is 0 Å². The first-order chi connectivity index (χ1) is 16.0. The van der Waals surface area contributed by atoms with E-state index >= 15 is 0 Å². The Labute approximate surface area is 199 Å². The zero-order valence-electron chi connectivity index (χ0n) is 19.6. The quantitative estimate of drug-likeness (QED) is 0.372. The summed E-state index contributed by atoms with van der Waals surface area (Å²) in [5.74, 6) is 0. The lowest BCUT2D eigenvalue weighted by molar-refractivity contribution is 0.195. The summed E-state index contributed by atoms with van der Waals surface area (Å²) in [6, 6.07) is 25.9. The van der Waals surface area contributed by atoms with Gasteiger partial charge in [-0.3, -0.25) is 0 Å². The van der Waals surface area contributed by atoms with E-state index in [2.05, 4.69) is 19.7 Å². The summed E-state index contributed by atoms with van der Waals surface area (Å²) in [6.45, 7) is 13.5. The second-order valence-electron chi connectivity index (χ2n) is 7.30. The number of ether oxygens (including phenoxy) is 1. The Morgan fingerprint density at radius 2 is 1.30 bits per heavy atom. The largest absolute Gasteiger partial charge is 0.497 e. The van der Waals surface area contributed by atoms with E-state index in [4.69, 9.17) is 9.84 Å². The monoisotopic (exact) mass is 444 g/mol. The summed E-state index contributed by atoms with van der Waals surface area (Å²) in [5, 5.41) is 17.9. The molecule has 2 N–H and O–H groups in total. The van der Waals surface area contributed by atoms with Gasteiger partial charge in [0.1, 0.15) is 6.61 Å². The van der Waals surface area contributed by atoms with E-state index in [1.807, 2.05) is 91.0 Å². The molecule has 0 aliphatic rings. The smallest absolute Gasteiger partial charge is 0.112 e. The average molecular weight is 445 g/mol. The second-order valence-corrected chi connectivity index (χ2v) is 7.30. The molecule has 33 heavy (non-hydrogen) atoms. The molecule has 0 amide bonds. The Morgan fingerprint density at radius 1 is 0.788 bits per heavy atom. The Morgan fingerprint density at radius 3 is 1.82 bits per heavy atom. The van der Waals surface area contributed by atoms with Gasteiger partial charge in [-0.1, -0.05) is 111 Å². The molecule has 3 aromatic rings. The molecule has 174 valence electrons. The molecule has 3 aromatic carbocycles. The standard InChI is InChI=1S/C11H14O.C10H12O.C9H10O/c1-3-10-6-4-5-7-11(10)8-9(2)12;1-2-9-5-3-4-6-10(9)7-8-11;1-2-10-8-9-6-4-3-5-7-9/h3-7,9,12H,1,8H2,2H3;2-6,11H,1,7-8H2;2-7H,1,8H2. The van der Waals surface area contributed by atoms with E-state index in [0.29, 0.717) is 19.4 Å². The predicted octanol–water partition coefficient (Wildman–Crippen LogP) is 6.46. The molecular weight excluding hydrogens is 408 g/mol. The molecule has 0 aromatic heterocycles. The molecule has 1 unspecified atom stereocenters. The lowest BCUT2D eigenvalue weighted by atomic mass is 10.0. The van der Waals surface area contributed by atoms with E-state index in [9.17, 15) is 5.11 Å². The summed E-state index contributed by atoms with van der Waals surface area (Å²) in [4.78, 5) is 0. The first kappa shape index (κ1) is 27.6. The molecule has 3 rings (SSSR count). The summed E-state index contributed by atoms with van der Waals surface area (Å²) >= 11 is 0. The van der Waals surface area contributed by atoms with Crippen molar-refractivity contribution in [2.75, 3.05) is 6.61 Å². The van der Waals surface area contributed by atoms with E-state index < -0.39 is 0 Å². The Bertz CT molecular complexity index is 946. The summed E-state index contributed by atoms with van der Waals surface area (Å²) in [7, 11) is 0. The third-order valence-corrected chi connectivity index (χ3v) is 4.66. The maximum absolute atomic E-state index is 9.19. The van der Waals surface area contributed by atoms with Gasteiger partial charge in [0.05, 0.1) is 12.4 Å². The van der Waals surface area contributed by atoms with Crippen LogP contribution in [0.1, 0.15) is 34.7 Å². The van der Waals surface area contributed by atoms with Crippen LogP contribution in [-0.2, 0) is 24.2 Å². The molecule has 1 atom stereocenters. The van der Waals surface area contributed by atoms with Gasteiger partial charge >= 0.3 is 0 Å².